The number of nitro groups is 1. The highest BCUT2D eigenvalue weighted by molar-refractivity contribution is 7.99. The highest BCUT2D eigenvalue weighted by Gasteiger charge is 2.18. The van der Waals surface area contributed by atoms with Gasteiger partial charge in [-0.2, -0.15) is 4.39 Å². The molecule has 0 fully saturated rings. The predicted molar refractivity (Wildman–Crippen MR) is 119 cm³/mol. The van der Waals surface area contributed by atoms with Gasteiger partial charge >= 0.3 is 5.69 Å². The molecule has 0 saturated heterocycles. The molecule has 160 valence electrons. The van der Waals surface area contributed by atoms with Crippen molar-refractivity contribution in [1.82, 2.24) is 14.8 Å². The first-order chi connectivity index (χ1) is 15.5. The Balaban J connectivity index is 1.55. The standard InChI is InChI=1S/C22H16FN5O3S/c23-18-12-11-16(13-19(18)28(30)31)24-20(29)14-32-22-26-25-21(15-7-3-1-4-8-15)27(22)17-9-5-2-6-10-17/h1-13H,14H2,(H,24,29). The van der Waals surface area contributed by atoms with E-state index in [0.717, 1.165) is 23.4 Å². The van der Waals surface area contributed by atoms with E-state index in [2.05, 4.69) is 15.5 Å². The average Bonchev–Trinajstić information content (AvgIpc) is 3.24. The number of para-hydroxylation sites is 1. The molecule has 1 aromatic heterocycles. The molecule has 8 nitrogen and oxygen atoms in total. The number of aromatic nitrogens is 3. The highest BCUT2D eigenvalue weighted by Crippen LogP contribution is 2.28. The zero-order chi connectivity index (χ0) is 22.5. The average molecular weight is 449 g/mol. The molecule has 1 amide bonds. The first kappa shape index (κ1) is 21.2. The summed E-state index contributed by atoms with van der Waals surface area (Å²) >= 11 is 1.17. The minimum Gasteiger partial charge on any atom is -0.325 e. The SMILES string of the molecule is O=C(CSc1nnc(-c2ccccc2)n1-c1ccccc1)Nc1ccc(F)c([N+](=O)[O-])c1. The Labute approximate surface area is 186 Å². The zero-order valence-electron chi connectivity index (χ0n) is 16.5. The zero-order valence-corrected chi connectivity index (χ0v) is 17.3. The van der Waals surface area contributed by atoms with Crippen molar-refractivity contribution in [3.63, 3.8) is 0 Å². The molecule has 1 heterocycles. The number of hydrogen-bond donors (Lipinski definition) is 1. The summed E-state index contributed by atoms with van der Waals surface area (Å²) in [5.41, 5.74) is 1.15. The van der Waals surface area contributed by atoms with Crippen molar-refractivity contribution in [3.05, 3.63) is 94.8 Å². The molecule has 4 rings (SSSR count). The van der Waals surface area contributed by atoms with Crippen LogP contribution in [0.1, 0.15) is 0 Å². The molecule has 1 N–H and O–H groups in total. The number of nitrogens with zero attached hydrogens (tertiary/aromatic N) is 4. The minimum absolute atomic E-state index is 0.0229. The molecular formula is C22H16FN5O3S. The van der Waals surface area contributed by atoms with E-state index in [1.165, 1.54) is 17.8 Å². The third-order valence-electron chi connectivity index (χ3n) is 4.44. The number of anilines is 1. The number of benzene rings is 3. The Morgan fingerprint density at radius 2 is 1.72 bits per heavy atom. The van der Waals surface area contributed by atoms with Crippen LogP contribution in [-0.4, -0.2) is 31.3 Å². The summed E-state index contributed by atoms with van der Waals surface area (Å²) in [6.07, 6.45) is 0. The first-order valence-electron chi connectivity index (χ1n) is 9.46. The molecule has 0 saturated carbocycles. The van der Waals surface area contributed by atoms with Gasteiger partial charge in [-0.05, 0) is 24.3 Å². The molecule has 0 unspecified atom stereocenters. The number of amides is 1. The van der Waals surface area contributed by atoms with Crippen LogP contribution < -0.4 is 5.32 Å². The fraction of sp³-hybridized carbons (Fsp3) is 0.0455. The molecule has 0 aliphatic carbocycles. The topological polar surface area (TPSA) is 103 Å². The third-order valence-corrected chi connectivity index (χ3v) is 5.37. The van der Waals surface area contributed by atoms with Gasteiger partial charge in [-0.25, -0.2) is 0 Å². The van der Waals surface area contributed by atoms with Crippen molar-refractivity contribution in [3.8, 4) is 17.1 Å². The lowest BCUT2D eigenvalue weighted by Crippen LogP contribution is -2.15. The van der Waals surface area contributed by atoms with Gasteiger partial charge in [0.2, 0.25) is 11.7 Å². The summed E-state index contributed by atoms with van der Waals surface area (Å²) in [5, 5.41) is 22.5. The van der Waals surface area contributed by atoms with Gasteiger partial charge in [-0.3, -0.25) is 19.5 Å². The Morgan fingerprint density at radius 1 is 1.03 bits per heavy atom. The maximum atomic E-state index is 13.5. The number of thioether (sulfide) groups is 1. The van der Waals surface area contributed by atoms with Crippen LogP contribution in [0.25, 0.3) is 17.1 Å². The molecule has 0 bridgehead atoms. The van der Waals surface area contributed by atoms with Crippen LogP contribution >= 0.6 is 11.8 Å². The monoisotopic (exact) mass is 449 g/mol. The summed E-state index contributed by atoms with van der Waals surface area (Å²) in [6, 6.07) is 22.3. The Hall–Kier alpha value is -4.05. The number of nitrogens with one attached hydrogen (secondary N) is 1. The van der Waals surface area contributed by atoms with E-state index < -0.39 is 22.3 Å². The maximum Gasteiger partial charge on any atom is 0.306 e. The van der Waals surface area contributed by atoms with E-state index in [4.69, 9.17) is 0 Å². The summed E-state index contributed by atoms with van der Waals surface area (Å²) in [4.78, 5) is 22.5. The number of carbonyl (C=O) groups is 1. The number of nitro benzene ring substituents is 1. The quantitative estimate of drug-likeness (QED) is 0.249. The molecule has 0 aliphatic heterocycles. The molecule has 0 aliphatic rings. The van der Waals surface area contributed by atoms with Crippen LogP contribution in [0.2, 0.25) is 0 Å². The molecule has 10 heteroatoms. The van der Waals surface area contributed by atoms with Crippen molar-refractivity contribution in [2.75, 3.05) is 11.1 Å². The Kier molecular flexibility index (Phi) is 6.22. The van der Waals surface area contributed by atoms with Gasteiger partial charge in [-0.1, -0.05) is 60.3 Å². The van der Waals surface area contributed by atoms with E-state index in [1.807, 2.05) is 65.2 Å². The summed E-state index contributed by atoms with van der Waals surface area (Å²) in [6.45, 7) is 0. The van der Waals surface area contributed by atoms with Crippen molar-refractivity contribution in [2.24, 2.45) is 0 Å². The van der Waals surface area contributed by atoms with Crippen LogP contribution in [0.3, 0.4) is 0 Å². The minimum atomic E-state index is -0.966. The normalized spacial score (nSPS) is 10.7. The molecule has 0 radical (unpaired) electrons. The lowest BCUT2D eigenvalue weighted by atomic mass is 10.2. The summed E-state index contributed by atoms with van der Waals surface area (Å²) in [5.74, 6) is -0.772. The van der Waals surface area contributed by atoms with E-state index in [-0.39, 0.29) is 11.4 Å². The second-order valence-electron chi connectivity index (χ2n) is 6.60. The molecule has 0 spiro atoms. The smallest absolute Gasteiger partial charge is 0.306 e. The van der Waals surface area contributed by atoms with Crippen LogP contribution in [-0.2, 0) is 4.79 Å². The van der Waals surface area contributed by atoms with Gasteiger partial charge in [0.25, 0.3) is 0 Å². The second-order valence-corrected chi connectivity index (χ2v) is 7.55. The predicted octanol–water partition coefficient (Wildman–Crippen LogP) is 4.71. The van der Waals surface area contributed by atoms with E-state index in [0.29, 0.717) is 11.0 Å². The fourth-order valence-electron chi connectivity index (χ4n) is 3.00. The summed E-state index contributed by atoms with van der Waals surface area (Å²) < 4.78 is 15.4. The number of hydrogen-bond acceptors (Lipinski definition) is 6. The third kappa shape index (κ3) is 4.65. The lowest BCUT2D eigenvalue weighted by Gasteiger charge is -2.10. The van der Waals surface area contributed by atoms with Crippen molar-refractivity contribution in [1.29, 1.82) is 0 Å². The molecule has 32 heavy (non-hydrogen) atoms. The van der Waals surface area contributed by atoms with Crippen molar-refractivity contribution in [2.45, 2.75) is 5.16 Å². The van der Waals surface area contributed by atoms with Gasteiger partial charge in [0, 0.05) is 23.0 Å². The molecule has 0 atom stereocenters. The van der Waals surface area contributed by atoms with Crippen molar-refractivity contribution < 1.29 is 14.1 Å². The van der Waals surface area contributed by atoms with Gasteiger partial charge in [0.15, 0.2) is 11.0 Å². The molecule has 4 aromatic rings. The van der Waals surface area contributed by atoms with E-state index >= 15 is 0 Å². The largest absolute Gasteiger partial charge is 0.325 e. The summed E-state index contributed by atoms with van der Waals surface area (Å²) in [7, 11) is 0. The Morgan fingerprint density at radius 3 is 2.41 bits per heavy atom. The Bertz CT molecular complexity index is 1270. The molecule has 3 aromatic carbocycles. The van der Waals surface area contributed by atoms with Crippen LogP contribution in [0.4, 0.5) is 15.8 Å². The number of rotatable bonds is 7. The lowest BCUT2D eigenvalue weighted by molar-refractivity contribution is -0.387. The van der Waals surface area contributed by atoms with E-state index in [9.17, 15) is 19.3 Å². The van der Waals surface area contributed by atoms with Crippen LogP contribution in [0.15, 0.2) is 84.0 Å². The van der Waals surface area contributed by atoms with Crippen LogP contribution in [0, 0.1) is 15.9 Å². The fourth-order valence-corrected chi connectivity index (χ4v) is 3.76. The van der Waals surface area contributed by atoms with Gasteiger partial charge in [-0.15, -0.1) is 10.2 Å². The highest BCUT2D eigenvalue weighted by atomic mass is 32.2. The first-order valence-corrected chi connectivity index (χ1v) is 10.4. The maximum absolute atomic E-state index is 13.5. The number of carbonyl (C=O) groups excluding carboxylic acids is 1. The van der Waals surface area contributed by atoms with Crippen LogP contribution in [0.5, 0.6) is 0 Å². The van der Waals surface area contributed by atoms with Gasteiger partial charge in [0.1, 0.15) is 0 Å². The van der Waals surface area contributed by atoms with Gasteiger partial charge < -0.3 is 5.32 Å². The number of halogens is 1. The molecular weight excluding hydrogens is 433 g/mol. The van der Waals surface area contributed by atoms with Gasteiger partial charge in [0.05, 0.1) is 10.7 Å². The van der Waals surface area contributed by atoms with E-state index in [1.54, 1.807) is 0 Å². The second kappa shape index (κ2) is 9.40. The van der Waals surface area contributed by atoms with Crippen molar-refractivity contribution >= 4 is 29.0 Å².